The van der Waals surface area contributed by atoms with E-state index in [2.05, 4.69) is 4.98 Å². The SMILES string of the molecule is CCCN(c1ccc(C(F)(F)F)cc1)c1nc2c(c(=O)n1OC)CN(C(=O)c1ccc(C#N)cc1F)CC2. The van der Waals surface area contributed by atoms with Crippen molar-refractivity contribution in [1.82, 2.24) is 14.6 Å². The van der Waals surface area contributed by atoms with Crippen LogP contribution in [0, 0.1) is 17.1 Å². The van der Waals surface area contributed by atoms with E-state index < -0.39 is 29.0 Å². The van der Waals surface area contributed by atoms with Crippen molar-refractivity contribution in [1.29, 1.82) is 5.26 Å². The molecule has 1 aliphatic heterocycles. The molecule has 2 heterocycles. The van der Waals surface area contributed by atoms with Gasteiger partial charge in [0.1, 0.15) is 12.9 Å². The van der Waals surface area contributed by atoms with Gasteiger partial charge in [-0.2, -0.15) is 18.4 Å². The van der Waals surface area contributed by atoms with E-state index in [0.717, 1.165) is 22.9 Å². The lowest BCUT2D eigenvalue weighted by molar-refractivity contribution is -0.137. The second-order valence-corrected chi connectivity index (χ2v) is 8.60. The zero-order valence-electron chi connectivity index (χ0n) is 20.5. The Labute approximate surface area is 215 Å². The summed E-state index contributed by atoms with van der Waals surface area (Å²) >= 11 is 0. The van der Waals surface area contributed by atoms with Crippen LogP contribution in [0.1, 0.15) is 46.1 Å². The van der Waals surface area contributed by atoms with Crippen molar-refractivity contribution in [2.45, 2.75) is 32.5 Å². The molecule has 0 saturated heterocycles. The summed E-state index contributed by atoms with van der Waals surface area (Å²) in [5, 5.41) is 8.93. The highest BCUT2D eigenvalue weighted by Crippen LogP contribution is 2.32. The highest BCUT2D eigenvalue weighted by Gasteiger charge is 2.32. The molecule has 0 bridgehead atoms. The number of hydrogen-bond donors (Lipinski definition) is 0. The topological polar surface area (TPSA) is 91.5 Å². The maximum atomic E-state index is 14.4. The molecule has 0 aliphatic carbocycles. The van der Waals surface area contributed by atoms with Crippen LogP contribution in [0.25, 0.3) is 0 Å². The average Bonchev–Trinajstić information content (AvgIpc) is 2.90. The van der Waals surface area contributed by atoms with E-state index in [4.69, 9.17) is 10.1 Å². The molecular formula is C26H23F4N5O3. The predicted octanol–water partition coefficient (Wildman–Crippen LogP) is 4.08. The summed E-state index contributed by atoms with van der Waals surface area (Å²) in [6.45, 7) is 2.22. The molecule has 38 heavy (non-hydrogen) atoms. The second-order valence-electron chi connectivity index (χ2n) is 8.60. The molecule has 2 aromatic carbocycles. The van der Waals surface area contributed by atoms with Gasteiger partial charge in [0.05, 0.1) is 40.6 Å². The highest BCUT2D eigenvalue weighted by atomic mass is 19.4. The molecule has 0 N–H and O–H groups in total. The molecule has 1 aliphatic rings. The van der Waals surface area contributed by atoms with Crippen molar-refractivity contribution < 1.29 is 27.2 Å². The molecule has 0 unspecified atom stereocenters. The highest BCUT2D eigenvalue weighted by molar-refractivity contribution is 5.94. The Kier molecular flexibility index (Phi) is 7.39. The molecule has 0 spiro atoms. The largest absolute Gasteiger partial charge is 0.416 e. The van der Waals surface area contributed by atoms with Crippen LogP contribution in [0.4, 0.5) is 29.2 Å². The number of nitriles is 1. The Hall–Kier alpha value is -4.40. The van der Waals surface area contributed by atoms with E-state index >= 15 is 0 Å². The van der Waals surface area contributed by atoms with E-state index in [1.807, 2.05) is 6.92 Å². The van der Waals surface area contributed by atoms with Crippen molar-refractivity contribution >= 4 is 17.5 Å². The maximum absolute atomic E-state index is 14.4. The van der Waals surface area contributed by atoms with Gasteiger partial charge >= 0.3 is 6.18 Å². The molecule has 8 nitrogen and oxygen atoms in total. The fourth-order valence-corrected chi connectivity index (χ4v) is 4.28. The van der Waals surface area contributed by atoms with Crippen LogP contribution >= 0.6 is 0 Å². The molecule has 3 aromatic rings. The van der Waals surface area contributed by atoms with E-state index in [1.54, 1.807) is 11.0 Å². The quantitative estimate of drug-likeness (QED) is 0.447. The summed E-state index contributed by atoms with van der Waals surface area (Å²) in [6, 6.07) is 9.86. The number of alkyl halides is 3. The normalized spacial score (nSPS) is 13.0. The first-order chi connectivity index (χ1) is 18.1. The first kappa shape index (κ1) is 26.7. The number of carbonyl (C=O) groups is 1. The standard InChI is InChI=1S/C26H23F4N5O3/c1-3-11-34(18-7-5-17(6-8-18)26(28,29)30)25-32-22-10-12-33(15-20(22)24(37)35(25)38-2)23(36)19-9-4-16(14-31)13-21(19)27/h4-9,13H,3,10-12,15H2,1-2H3. The first-order valence-electron chi connectivity index (χ1n) is 11.7. The molecule has 12 heteroatoms. The molecule has 0 saturated carbocycles. The molecule has 4 rings (SSSR count). The summed E-state index contributed by atoms with van der Waals surface area (Å²) in [7, 11) is 1.26. The van der Waals surface area contributed by atoms with Crippen molar-refractivity contribution in [3.63, 3.8) is 0 Å². The van der Waals surface area contributed by atoms with Gasteiger partial charge in [0.25, 0.3) is 11.5 Å². The van der Waals surface area contributed by atoms with Crippen LogP contribution in [0.15, 0.2) is 47.3 Å². The number of rotatable bonds is 6. The number of benzene rings is 2. The number of carbonyl (C=O) groups excluding carboxylic acids is 1. The number of amides is 1. The van der Waals surface area contributed by atoms with Crippen molar-refractivity contribution in [2.24, 2.45) is 0 Å². The van der Waals surface area contributed by atoms with Gasteiger partial charge in [-0.3, -0.25) is 9.59 Å². The van der Waals surface area contributed by atoms with Gasteiger partial charge in [0.2, 0.25) is 5.95 Å². The molecule has 1 amide bonds. The fraction of sp³-hybridized carbons (Fsp3) is 0.308. The zero-order chi connectivity index (χ0) is 27.6. The Morgan fingerprint density at radius 2 is 1.92 bits per heavy atom. The molecule has 0 radical (unpaired) electrons. The molecule has 198 valence electrons. The lowest BCUT2D eigenvalue weighted by Crippen LogP contribution is -2.43. The third kappa shape index (κ3) is 5.04. The van der Waals surface area contributed by atoms with E-state index in [9.17, 15) is 27.2 Å². The summed E-state index contributed by atoms with van der Waals surface area (Å²) in [5.74, 6) is -1.38. The van der Waals surface area contributed by atoms with Crippen LogP contribution in [0.3, 0.4) is 0 Å². The number of halogens is 4. The van der Waals surface area contributed by atoms with Crippen LogP contribution in [0.5, 0.6) is 0 Å². The van der Waals surface area contributed by atoms with Crippen LogP contribution in [0.2, 0.25) is 0 Å². The second kappa shape index (κ2) is 10.5. The van der Waals surface area contributed by atoms with Crippen LogP contribution in [-0.4, -0.2) is 40.7 Å². The molecule has 1 aromatic heterocycles. The number of hydrogen-bond acceptors (Lipinski definition) is 6. The van der Waals surface area contributed by atoms with Gasteiger partial charge in [-0.25, -0.2) is 9.37 Å². The summed E-state index contributed by atoms with van der Waals surface area (Å²) in [6.07, 6.45) is -3.70. The Bertz CT molecular complexity index is 1460. The zero-order valence-corrected chi connectivity index (χ0v) is 20.5. The van der Waals surface area contributed by atoms with Crippen LogP contribution in [-0.2, 0) is 19.1 Å². The Morgan fingerprint density at radius 3 is 2.50 bits per heavy atom. The summed E-state index contributed by atoms with van der Waals surface area (Å²) in [4.78, 5) is 39.3. The van der Waals surface area contributed by atoms with E-state index in [1.165, 1.54) is 36.3 Å². The van der Waals surface area contributed by atoms with Gasteiger partial charge in [-0.15, -0.1) is 4.73 Å². The maximum Gasteiger partial charge on any atom is 0.416 e. The average molecular weight is 529 g/mol. The molecule has 0 fully saturated rings. The van der Waals surface area contributed by atoms with Gasteiger partial charge in [-0.1, -0.05) is 6.92 Å². The van der Waals surface area contributed by atoms with Crippen molar-refractivity contribution in [3.05, 3.63) is 86.6 Å². The number of aromatic nitrogens is 2. The van der Waals surface area contributed by atoms with Gasteiger partial charge in [0.15, 0.2) is 0 Å². The summed E-state index contributed by atoms with van der Waals surface area (Å²) in [5.41, 5.74) is -0.542. The number of nitrogens with zero attached hydrogens (tertiary/aromatic N) is 5. The van der Waals surface area contributed by atoms with E-state index in [0.29, 0.717) is 24.3 Å². The lowest BCUT2D eigenvalue weighted by atomic mass is 10.0. The third-order valence-electron chi connectivity index (χ3n) is 6.17. The van der Waals surface area contributed by atoms with Gasteiger partial charge in [-0.05, 0) is 48.9 Å². The summed E-state index contributed by atoms with van der Waals surface area (Å²) < 4.78 is 54.5. The van der Waals surface area contributed by atoms with Gasteiger partial charge < -0.3 is 14.6 Å². The monoisotopic (exact) mass is 529 g/mol. The Balaban J connectivity index is 1.70. The minimum absolute atomic E-state index is 0.0763. The van der Waals surface area contributed by atoms with Gasteiger partial charge in [0, 0.05) is 25.2 Å². The van der Waals surface area contributed by atoms with Crippen molar-refractivity contribution in [2.75, 3.05) is 25.1 Å². The lowest BCUT2D eigenvalue weighted by Gasteiger charge is -2.31. The minimum atomic E-state index is -4.49. The number of anilines is 2. The predicted molar refractivity (Wildman–Crippen MR) is 129 cm³/mol. The molecule has 0 atom stereocenters. The molecular weight excluding hydrogens is 506 g/mol. The Morgan fingerprint density at radius 1 is 1.21 bits per heavy atom. The van der Waals surface area contributed by atoms with Crippen LogP contribution < -0.4 is 15.3 Å². The first-order valence-corrected chi connectivity index (χ1v) is 11.7. The smallest absolute Gasteiger partial charge is 0.411 e. The minimum Gasteiger partial charge on any atom is -0.411 e. The van der Waals surface area contributed by atoms with E-state index in [-0.39, 0.29) is 42.1 Å². The fourth-order valence-electron chi connectivity index (χ4n) is 4.28. The van der Waals surface area contributed by atoms with Crippen molar-refractivity contribution in [3.8, 4) is 6.07 Å². The number of fused-ring (bicyclic) bond motifs is 1. The third-order valence-corrected chi connectivity index (χ3v) is 6.17.